The zero-order chi connectivity index (χ0) is 13.5. The van der Waals surface area contributed by atoms with Crippen molar-refractivity contribution >= 4 is 18.3 Å². The predicted octanol–water partition coefficient (Wildman–Crippen LogP) is 1.08. The van der Waals surface area contributed by atoms with Crippen LogP contribution in [0.1, 0.15) is 11.6 Å². The van der Waals surface area contributed by atoms with Crippen LogP contribution in [0.2, 0.25) is 0 Å². The van der Waals surface area contributed by atoms with Crippen molar-refractivity contribution in [3.05, 3.63) is 35.9 Å². The van der Waals surface area contributed by atoms with E-state index in [1.165, 1.54) is 7.11 Å². The van der Waals surface area contributed by atoms with E-state index in [1.807, 2.05) is 0 Å². The number of carbonyl (C=O) groups is 3. The van der Waals surface area contributed by atoms with Gasteiger partial charge in [0.25, 0.3) is 0 Å². The lowest BCUT2D eigenvalue weighted by molar-refractivity contribution is -0.146. The smallest absolute Gasteiger partial charge is 0.408 e. The molecule has 6 heteroatoms. The lowest BCUT2D eigenvalue weighted by atomic mass is 10.1. The summed E-state index contributed by atoms with van der Waals surface area (Å²) in [5.74, 6) is -0.731. The number of ether oxygens (including phenoxy) is 1. The normalized spacial score (nSPS) is 11.4. The molecule has 0 aromatic heterocycles. The van der Waals surface area contributed by atoms with E-state index in [-0.39, 0.29) is 0 Å². The Balaban J connectivity index is 3.15. The Morgan fingerprint density at radius 3 is 2.44 bits per heavy atom. The van der Waals surface area contributed by atoms with Gasteiger partial charge in [0, 0.05) is 0 Å². The van der Waals surface area contributed by atoms with Gasteiger partial charge in [-0.05, 0) is 5.56 Å². The van der Waals surface area contributed by atoms with Crippen LogP contribution >= 0.6 is 0 Å². The number of carbonyl (C=O) groups excluding carboxylic acids is 2. The summed E-state index contributed by atoms with van der Waals surface area (Å²) in [5.41, 5.74) is 0.452. The van der Waals surface area contributed by atoms with Crippen LogP contribution in [0.4, 0.5) is 4.79 Å². The maximum absolute atomic E-state index is 11.7. The molecule has 1 rings (SSSR count). The maximum Gasteiger partial charge on any atom is 0.408 e. The zero-order valence-corrected chi connectivity index (χ0v) is 9.78. The van der Waals surface area contributed by atoms with Crippen molar-refractivity contribution in [1.82, 2.24) is 4.90 Å². The van der Waals surface area contributed by atoms with Crippen molar-refractivity contribution in [2.24, 2.45) is 0 Å². The number of amides is 1. The largest absolute Gasteiger partial charge is 0.467 e. The highest BCUT2D eigenvalue weighted by molar-refractivity contribution is 5.83. The van der Waals surface area contributed by atoms with E-state index in [0.717, 1.165) is 4.90 Å². The van der Waals surface area contributed by atoms with Crippen molar-refractivity contribution in [3.63, 3.8) is 0 Å². The van der Waals surface area contributed by atoms with Gasteiger partial charge in [-0.1, -0.05) is 30.3 Å². The first kappa shape index (κ1) is 13.7. The average Bonchev–Trinajstić information content (AvgIpc) is 2.39. The molecule has 1 aromatic rings. The summed E-state index contributed by atoms with van der Waals surface area (Å²) in [4.78, 5) is 34.0. The number of esters is 1. The lowest BCUT2D eigenvalue weighted by Crippen LogP contribution is -2.39. The van der Waals surface area contributed by atoms with Crippen LogP contribution in [-0.2, 0) is 14.3 Å². The molecular formula is C12H13NO5. The first-order valence-corrected chi connectivity index (χ1v) is 5.17. The summed E-state index contributed by atoms with van der Waals surface area (Å²) in [6.45, 7) is -0.399. The quantitative estimate of drug-likeness (QED) is 0.625. The standard InChI is InChI=1S/C12H13NO5/c1-18-11(15)10(9-5-3-2-4-6-9)13(7-8-14)12(16)17/h2-6,8,10H,7H2,1H3,(H,16,17). The van der Waals surface area contributed by atoms with E-state index in [2.05, 4.69) is 4.74 Å². The number of hydrogen-bond donors (Lipinski definition) is 1. The minimum absolute atomic E-state index is 0.399. The number of rotatable bonds is 5. The Labute approximate surface area is 104 Å². The highest BCUT2D eigenvalue weighted by atomic mass is 16.5. The van der Waals surface area contributed by atoms with Crippen LogP contribution in [0.3, 0.4) is 0 Å². The van der Waals surface area contributed by atoms with Gasteiger partial charge in [-0.25, -0.2) is 9.59 Å². The van der Waals surface area contributed by atoms with Gasteiger partial charge in [-0.2, -0.15) is 0 Å². The molecule has 0 aliphatic rings. The lowest BCUT2D eigenvalue weighted by Gasteiger charge is -2.25. The predicted molar refractivity (Wildman–Crippen MR) is 62.0 cm³/mol. The molecule has 0 heterocycles. The highest BCUT2D eigenvalue weighted by Gasteiger charge is 2.31. The minimum Gasteiger partial charge on any atom is -0.467 e. The molecular weight excluding hydrogens is 238 g/mol. The first-order chi connectivity index (χ1) is 8.61. The van der Waals surface area contributed by atoms with E-state index in [0.29, 0.717) is 11.8 Å². The van der Waals surface area contributed by atoms with Gasteiger partial charge in [-0.15, -0.1) is 0 Å². The van der Waals surface area contributed by atoms with Gasteiger partial charge in [0.15, 0.2) is 6.04 Å². The SMILES string of the molecule is COC(=O)C(c1ccccc1)N(CC=O)C(=O)O. The van der Waals surface area contributed by atoms with Crippen molar-refractivity contribution in [2.45, 2.75) is 6.04 Å². The van der Waals surface area contributed by atoms with Gasteiger partial charge >= 0.3 is 12.1 Å². The van der Waals surface area contributed by atoms with Crippen molar-refractivity contribution in [3.8, 4) is 0 Å². The number of hydrogen-bond acceptors (Lipinski definition) is 4. The summed E-state index contributed by atoms with van der Waals surface area (Å²) in [7, 11) is 1.17. The molecule has 1 aromatic carbocycles. The third-order valence-corrected chi connectivity index (χ3v) is 2.37. The van der Waals surface area contributed by atoms with Crippen LogP contribution in [0.25, 0.3) is 0 Å². The molecule has 1 unspecified atom stereocenters. The van der Waals surface area contributed by atoms with Gasteiger partial charge in [-0.3, -0.25) is 4.90 Å². The Bertz CT molecular complexity index is 431. The average molecular weight is 251 g/mol. The molecule has 0 spiro atoms. The van der Waals surface area contributed by atoms with E-state index in [1.54, 1.807) is 30.3 Å². The summed E-state index contributed by atoms with van der Waals surface area (Å²) < 4.78 is 4.58. The Hall–Kier alpha value is -2.37. The van der Waals surface area contributed by atoms with Crippen molar-refractivity contribution in [2.75, 3.05) is 13.7 Å². The summed E-state index contributed by atoms with van der Waals surface area (Å²) in [5, 5.41) is 9.04. The van der Waals surface area contributed by atoms with Crippen LogP contribution < -0.4 is 0 Å². The summed E-state index contributed by atoms with van der Waals surface area (Å²) in [6.07, 6.45) is -0.936. The number of methoxy groups -OCH3 is 1. The summed E-state index contributed by atoms with van der Waals surface area (Å²) in [6, 6.07) is 7.14. The van der Waals surface area contributed by atoms with Crippen LogP contribution in [-0.4, -0.2) is 42.0 Å². The molecule has 0 aliphatic carbocycles. The fourth-order valence-corrected chi connectivity index (χ4v) is 1.56. The Morgan fingerprint density at radius 1 is 1.39 bits per heavy atom. The number of aldehydes is 1. The zero-order valence-electron chi connectivity index (χ0n) is 9.78. The van der Waals surface area contributed by atoms with Crippen LogP contribution in [0.5, 0.6) is 0 Å². The topological polar surface area (TPSA) is 83.9 Å². The van der Waals surface area contributed by atoms with Gasteiger partial charge in [0.1, 0.15) is 6.29 Å². The third kappa shape index (κ3) is 3.07. The van der Waals surface area contributed by atoms with Crippen molar-refractivity contribution < 1.29 is 24.2 Å². The number of carboxylic acid groups (broad SMARTS) is 1. The van der Waals surface area contributed by atoms with Gasteiger partial charge < -0.3 is 14.6 Å². The molecule has 0 radical (unpaired) electrons. The van der Waals surface area contributed by atoms with Crippen LogP contribution in [0, 0.1) is 0 Å². The van der Waals surface area contributed by atoms with E-state index in [9.17, 15) is 14.4 Å². The highest BCUT2D eigenvalue weighted by Crippen LogP contribution is 2.21. The maximum atomic E-state index is 11.7. The second-order valence-corrected chi connectivity index (χ2v) is 3.44. The molecule has 1 N–H and O–H groups in total. The number of benzene rings is 1. The fraction of sp³-hybridized carbons (Fsp3) is 0.250. The molecule has 1 amide bonds. The minimum atomic E-state index is -1.36. The molecule has 0 saturated carbocycles. The fourth-order valence-electron chi connectivity index (χ4n) is 1.56. The first-order valence-electron chi connectivity index (χ1n) is 5.17. The third-order valence-electron chi connectivity index (χ3n) is 2.37. The van der Waals surface area contributed by atoms with Gasteiger partial charge in [0.05, 0.1) is 13.7 Å². The van der Waals surface area contributed by atoms with E-state index < -0.39 is 24.6 Å². The second kappa shape index (κ2) is 6.39. The number of nitrogens with zero attached hydrogens (tertiary/aromatic N) is 1. The molecule has 0 bridgehead atoms. The molecule has 0 fully saturated rings. The molecule has 0 saturated heterocycles. The van der Waals surface area contributed by atoms with Crippen molar-refractivity contribution in [1.29, 1.82) is 0 Å². The molecule has 6 nitrogen and oxygen atoms in total. The van der Waals surface area contributed by atoms with E-state index in [4.69, 9.17) is 5.11 Å². The Kier molecular flexibility index (Phi) is 4.86. The summed E-state index contributed by atoms with van der Waals surface area (Å²) >= 11 is 0. The molecule has 0 aliphatic heterocycles. The van der Waals surface area contributed by atoms with E-state index >= 15 is 0 Å². The Morgan fingerprint density at radius 2 is 2.00 bits per heavy atom. The molecule has 18 heavy (non-hydrogen) atoms. The monoisotopic (exact) mass is 251 g/mol. The molecule has 96 valence electrons. The van der Waals surface area contributed by atoms with Crippen LogP contribution in [0.15, 0.2) is 30.3 Å². The van der Waals surface area contributed by atoms with Gasteiger partial charge in [0.2, 0.25) is 0 Å². The molecule has 1 atom stereocenters. The second-order valence-electron chi connectivity index (χ2n) is 3.44.